The summed E-state index contributed by atoms with van der Waals surface area (Å²) in [7, 11) is 1.46. The molecule has 4 aromatic rings. The van der Waals surface area contributed by atoms with Gasteiger partial charge in [0.05, 0.1) is 41.5 Å². The molecule has 39 heavy (non-hydrogen) atoms. The number of benzene rings is 1. The van der Waals surface area contributed by atoms with Crippen molar-refractivity contribution < 1.29 is 18.3 Å². The number of aromatic nitrogens is 4. The molecule has 4 atom stereocenters. The van der Waals surface area contributed by atoms with Crippen LogP contribution in [0, 0.1) is 17.6 Å². The summed E-state index contributed by atoms with van der Waals surface area (Å²) < 4.78 is 36.3. The molecule has 0 bridgehead atoms. The van der Waals surface area contributed by atoms with Crippen molar-refractivity contribution in [1.29, 1.82) is 0 Å². The van der Waals surface area contributed by atoms with Gasteiger partial charge in [-0.05, 0) is 66.1 Å². The molecular formula is C28H31F2N7O2. The fourth-order valence-electron chi connectivity index (χ4n) is 5.53. The van der Waals surface area contributed by atoms with E-state index >= 15 is 0 Å². The molecule has 1 aromatic carbocycles. The Bertz CT molecular complexity index is 1470. The molecular weight excluding hydrogens is 504 g/mol. The minimum Gasteiger partial charge on any atom is -0.380 e. The number of halogens is 2. The van der Waals surface area contributed by atoms with Crippen LogP contribution in [-0.2, 0) is 16.1 Å². The Hall–Kier alpha value is -3.96. The Morgan fingerprint density at radius 1 is 1.18 bits per heavy atom. The van der Waals surface area contributed by atoms with E-state index in [-0.39, 0.29) is 47.7 Å². The topological polar surface area (TPSA) is 119 Å². The van der Waals surface area contributed by atoms with Gasteiger partial charge in [-0.25, -0.2) is 13.8 Å². The number of ether oxygens (including phenoxy) is 1. The quantitative estimate of drug-likeness (QED) is 0.323. The van der Waals surface area contributed by atoms with Crippen LogP contribution in [0.25, 0.3) is 16.8 Å². The standard InChI is InChI=1S/C28H31F2N7O2/c1-15-8-18(11-23(31)27(15)34-16(2)38)20-6-7-32-13-25(20)35-28-33-12-19-4-5-24(36-37(19)28)26-21(29)9-17(14-39-3)10-22(26)30/h4-7,9-10,12-13,15,18,23,27H,8,11,14,31H2,1-3H3,(H,33,35)(H,34,38)/t15-,18+,23+,27-/m0/s1. The summed E-state index contributed by atoms with van der Waals surface area (Å²) in [5.41, 5.74) is 9.19. The van der Waals surface area contributed by atoms with Crippen LogP contribution >= 0.6 is 0 Å². The van der Waals surface area contributed by atoms with Crippen molar-refractivity contribution in [3.8, 4) is 11.3 Å². The lowest BCUT2D eigenvalue weighted by atomic mass is 9.73. The Kier molecular flexibility index (Phi) is 7.53. The number of nitrogens with one attached hydrogen (secondary N) is 2. The summed E-state index contributed by atoms with van der Waals surface area (Å²) in [6.07, 6.45) is 6.59. The van der Waals surface area contributed by atoms with Gasteiger partial charge in [-0.15, -0.1) is 0 Å². The predicted molar refractivity (Wildman–Crippen MR) is 143 cm³/mol. The van der Waals surface area contributed by atoms with Crippen LogP contribution in [0.15, 0.2) is 48.9 Å². The summed E-state index contributed by atoms with van der Waals surface area (Å²) in [5.74, 6) is -0.844. The van der Waals surface area contributed by atoms with Gasteiger partial charge in [0, 0.05) is 32.3 Å². The van der Waals surface area contributed by atoms with E-state index in [2.05, 4.69) is 32.6 Å². The van der Waals surface area contributed by atoms with Crippen molar-refractivity contribution in [2.75, 3.05) is 12.4 Å². The number of methoxy groups -OCH3 is 1. The van der Waals surface area contributed by atoms with Crippen molar-refractivity contribution in [3.05, 3.63) is 71.7 Å². The monoisotopic (exact) mass is 535 g/mol. The zero-order valence-electron chi connectivity index (χ0n) is 22.0. The molecule has 1 saturated carbocycles. The number of nitrogens with two attached hydrogens (primary N) is 1. The first-order valence-corrected chi connectivity index (χ1v) is 12.8. The molecule has 1 aliphatic rings. The van der Waals surface area contributed by atoms with Crippen molar-refractivity contribution in [2.45, 2.75) is 51.3 Å². The van der Waals surface area contributed by atoms with Crippen LogP contribution in [0.3, 0.4) is 0 Å². The number of nitrogens with zero attached hydrogens (tertiary/aromatic N) is 4. The summed E-state index contributed by atoms with van der Waals surface area (Å²) in [6.45, 7) is 3.70. The Morgan fingerprint density at radius 2 is 1.95 bits per heavy atom. The number of carbonyl (C=O) groups excluding carboxylic acids is 1. The average Bonchev–Trinajstić information content (AvgIpc) is 3.28. The average molecular weight is 536 g/mol. The van der Waals surface area contributed by atoms with E-state index in [1.807, 2.05) is 6.07 Å². The lowest BCUT2D eigenvalue weighted by Gasteiger charge is -2.39. The summed E-state index contributed by atoms with van der Waals surface area (Å²) in [4.78, 5) is 20.4. The normalized spacial score (nSPS) is 21.2. The third-order valence-electron chi connectivity index (χ3n) is 7.25. The van der Waals surface area contributed by atoms with Gasteiger partial charge in [0.1, 0.15) is 11.6 Å². The number of amides is 1. The molecule has 204 valence electrons. The van der Waals surface area contributed by atoms with E-state index in [1.54, 1.807) is 30.7 Å². The highest BCUT2D eigenvalue weighted by Gasteiger charge is 2.35. The van der Waals surface area contributed by atoms with Crippen molar-refractivity contribution in [2.24, 2.45) is 11.7 Å². The zero-order chi connectivity index (χ0) is 27.7. The van der Waals surface area contributed by atoms with Crippen molar-refractivity contribution >= 4 is 23.1 Å². The smallest absolute Gasteiger partial charge is 0.229 e. The number of imidazole rings is 1. The van der Waals surface area contributed by atoms with Crippen LogP contribution in [0.1, 0.15) is 43.7 Å². The molecule has 4 N–H and O–H groups in total. The molecule has 0 unspecified atom stereocenters. The van der Waals surface area contributed by atoms with Crippen LogP contribution in [0.5, 0.6) is 0 Å². The van der Waals surface area contributed by atoms with Gasteiger partial charge < -0.3 is 21.1 Å². The Labute approximate surface area is 224 Å². The SMILES string of the molecule is COCc1cc(F)c(-c2ccc3cnc(Nc4cnccc4[C@H]4C[C@@H](N)[C@@H](NC(C)=O)[C@@H](C)C4)n3n2)c(F)c1. The minimum absolute atomic E-state index is 0.0831. The minimum atomic E-state index is -0.724. The highest BCUT2D eigenvalue weighted by Crippen LogP contribution is 2.39. The van der Waals surface area contributed by atoms with E-state index in [0.717, 1.165) is 17.7 Å². The maximum absolute atomic E-state index is 14.9. The molecule has 0 saturated heterocycles. The lowest BCUT2D eigenvalue weighted by molar-refractivity contribution is -0.120. The van der Waals surface area contributed by atoms with E-state index in [0.29, 0.717) is 23.4 Å². The fraction of sp³-hybridized carbons (Fsp3) is 0.357. The number of hydrogen-bond acceptors (Lipinski definition) is 7. The third-order valence-corrected chi connectivity index (χ3v) is 7.25. The molecule has 9 nitrogen and oxygen atoms in total. The highest BCUT2D eigenvalue weighted by molar-refractivity contribution is 5.73. The van der Waals surface area contributed by atoms with Crippen LogP contribution < -0.4 is 16.4 Å². The Balaban J connectivity index is 1.45. The van der Waals surface area contributed by atoms with Gasteiger partial charge in [0.15, 0.2) is 0 Å². The molecule has 1 fully saturated rings. The summed E-state index contributed by atoms with van der Waals surface area (Å²) in [5, 5.41) is 10.8. The second kappa shape index (κ2) is 11.0. The Morgan fingerprint density at radius 3 is 2.64 bits per heavy atom. The molecule has 11 heteroatoms. The zero-order valence-corrected chi connectivity index (χ0v) is 22.0. The molecule has 5 rings (SSSR count). The van der Waals surface area contributed by atoms with Gasteiger partial charge in [-0.1, -0.05) is 6.92 Å². The molecule has 1 amide bonds. The number of pyridine rings is 1. The van der Waals surface area contributed by atoms with Gasteiger partial charge in [0.2, 0.25) is 11.9 Å². The van der Waals surface area contributed by atoms with Crippen molar-refractivity contribution in [3.63, 3.8) is 0 Å². The first-order chi connectivity index (χ1) is 18.7. The van der Waals surface area contributed by atoms with E-state index in [9.17, 15) is 13.6 Å². The second-order valence-electron chi connectivity index (χ2n) is 10.1. The van der Waals surface area contributed by atoms with E-state index in [1.165, 1.54) is 30.7 Å². The highest BCUT2D eigenvalue weighted by atomic mass is 19.1. The number of fused-ring (bicyclic) bond motifs is 1. The molecule has 0 aliphatic heterocycles. The first-order valence-electron chi connectivity index (χ1n) is 12.8. The number of rotatable bonds is 7. The van der Waals surface area contributed by atoms with Crippen LogP contribution in [0.2, 0.25) is 0 Å². The van der Waals surface area contributed by atoms with Gasteiger partial charge >= 0.3 is 0 Å². The van der Waals surface area contributed by atoms with Crippen LogP contribution in [0.4, 0.5) is 20.4 Å². The molecule has 3 heterocycles. The lowest BCUT2D eigenvalue weighted by Crippen LogP contribution is -2.54. The molecule has 3 aromatic heterocycles. The third kappa shape index (κ3) is 5.45. The maximum Gasteiger partial charge on any atom is 0.229 e. The largest absolute Gasteiger partial charge is 0.380 e. The van der Waals surface area contributed by atoms with Gasteiger partial charge in [-0.3, -0.25) is 9.78 Å². The van der Waals surface area contributed by atoms with Crippen molar-refractivity contribution in [1.82, 2.24) is 24.9 Å². The number of carbonyl (C=O) groups is 1. The first kappa shape index (κ1) is 26.6. The maximum atomic E-state index is 14.9. The number of anilines is 2. The number of hydrogen-bond donors (Lipinski definition) is 3. The predicted octanol–water partition coefficient (Wildman–Crippen LogP) is 4.31. The van der Waals surface area contributed by atoms with Gasteiger partial charge in [-0.2, -0.15) is 9.61 Å². The molecule has 0 spiro atoms. The fourth-order valence-corrected chi connectivity index (χ4v) is 5.53. The second-order valence-corrected chi connectivity index (χ2v) is 10.1. The van der Waals surface area contributed by atoms with Gasteiger partial charge in [0.25, 0.3) is 0 Å². The van der Waals surface area contributed by atoms with E-state index < -0.39 is 11.6 Å². The summed E-state index contributed by atoms with van der Waals surface area (Å²) >= 11 is 0. The summed E-state index contributed by atoms with van der Waals surface area (Å²) in [6, 6.07) is 7.43. The van der Waals surface area contributed by atoms with Crippen LogP contribution in [-0.4, -0.2) is 44.7 Å². The van der Waals surface area contributed by atoms with E-state index in [4.69, 9.17) is 10.5 Å². The molecule has 1 aliphatic carbocycles. The molecule has 0 radical (unpaired) electrons.